The first-order chi connectivity index (χ1) is 21.4. The molecule has 4 aromatic rings. The molecule has 0 saturated carbocycles. The van der Waals surface area contributed by atoms with Crippen molar-refractivity contribution in [2.24, 2.45) is 0 Å². The Labute approximate surface area is 259 Å². The number of hydrogen-bond acceptors (Lipinski definition) is 9. The van der Waals surface area contributed by atoms with Crippen molar-refractivity contribution in [3.05, 3.63) is 77.9 Å². The van der Waals surface area contributed by atoms with Gasteiger partial charge >= 0.3 is 0 Å². The minimum atomic E-state index is -0.407. The molecule has 0 unspecified atom stereocenters. The fourth-order valence-corrected chi connectivity index (χ4v) is 4.91. The van der Waals surface area contributed by atoms with Gasteiger partial charge < -0.3 is 29.6 Å². The van der Waals surface area contributed by atoms with E-state index in [1.807, 2.05) is 20.8 Å². The van der Waals surface area contributed by atoms with Gasteiger partial charge in [-0.15, -0.1) is 10.2 Å². The Morgan fingerprint density at radius 3 is 2.11 bits per heavy atom. The summed E-state index contributed by atoms with van der Waals surface area (Å²) in [4.78, 5) is 26.0. The number of halogens is 1. The number of hydrogen-bond donors (Lipinski definition) is 2. The van der Waals surface area contributed by atoms with E-state index in [0.717, 1.165) is 11.8 Å². The molecule has 1 heterocycles. The number of aromatic nitrogens is 3. The summed E-state index contributed by atoms with van der Waals surface area (Å²) < 4.78 is 37.7. The van der Waals surface area contributed by atoms with Gasteiger partial charge in [0.2, 0.25) is 11.7 Å². The van der Waals surface area contributed by atoms with Crippen LogP contribution < -0.4 is 29.6 Å². The summed E-state index contributed by atoms with van der Waals surface area (Å²) >= 11 is 1.15. The van der Waals surface area contributed by atoms with Crippen molar-refractivity contribution < 1.29 is 32.9 Å². The first-order valence-electron chi connectivity index (χ1n) is 14.0. The summed E-state index contributed by atoms with van der Waals surface area (Å²) in [6.45, 7) is 6.65. The van der Waals surface area contributed by atoms with Crippen LogP contribution in [0.2, 0.25) is 0 Å². The van der Waals surface area contributed by atoms with Gasteiger partial charge in [0.05, 0.1) is 39.2 Å². The average Bonchev–Trinajstić information content (AvgIpc) is 3.44. The van der Waals surface area contributed by atoms with Crippen molar-refractivity contribution in [3.8, 4) is 28.7 Å². The largest absolute Gasteiger partial charge is 0.497 e. The molecule has 0 radical (unpaired) electrons. The van der Waals surface area contributed by atoms with Crippen LogP contribution in [0.4, 0.5) is 10.1 Å². The Morgan fingerprint density at radius 2 is 1.52 bits per heavy atom. The standard InChI is InChI=1S/C31H34FN5O6S/c1-5-41-25-16-20(17-26(42-6-2)29(25)43-7-3)30(39)33-18-27-35-36-31(37(27)23-12-8-21(32)9-13-23)44-19-28(38)34-22-10-14-24(40-4)15-11-22/h8-17H,5-7,18-19H2,1-4H3,(H,33,39)(H,34,38). The smallest absolute Gasteiger partial charge is 0.251 e. The van der Waals surface area contributed by atoms with E-state index in [0.29, 0.717) is 70.7 Å². The maximum atomic E-state index is 13.7. The maximum absolute atomic E-state index is 13.7. The van der Waals surface area contributed by atoms with Crippen LogP contribution in [0.1, 0.15) is 37.0 Å². The third-order valence-corrected chi connectivity index (χ3v) is 7.00. The van der Waals surface area contributed by atoms with Gasteiger partial charge in [-0.1, -0.05) is 11.8 Å². The molecule has 0 fully saturated rings. The van der Waals surface area contributed by atoms with Crippen LogP contribution in [0.25, 0.3) is 5.69 Å². The van der Waals surface area contributed by atoms with Gasteiger partial charge in [0.25, 0.3) is 5.91 Å². The molecule has 0 saturated heterocycles. The minimum Gasteiger partial charge on any atom is -0.497 e. The zero-order chi connectivity index (χ0) is 31.5. The number of thioether (sulfide) groups is 1. The lowest BCUT2D eigenvalue weighted by Crippen LogP contribution is -2.25. The Balaban J connectivity index is 1.53. The van der Waals surface area contributed by atoms with Gasteiger partial charge in [0, 0.05) is 16.9 Å². The number of carbonyl (C=O) groups excluding carboxylic acids is 2. The number of nitrogens with zero attached hydrogens (tertiary/aromatic N) is 3. The number of rotatable bonds is 15. The molecule has 13 heteroatoms. The predicted molar refractivity (Wildman–Crippen MR) is 165 cm³/mol. The zero-order valence-corrected chi connectivity index (χ0v) is 25.7. The first-order valence-corrected chi connectivity index (χ1v) is 15.0. The molecule has 44 heavy (non-hydrogen) atoms. The molecule has 3 aromatic carbocycles. The second kappa shape index (κ2) is 15.6. The van der Waals surface area contributed by atoms with E-state index in [-0.39, 0.29) is 18.2 Å². The highest BCUT2D eigenvalue weighted by atomic mass is 32.2. The number of methoxy groups -OCH3 is 1. The van der Waals surface area contributed by atoms with Crippen LogP contribution in [0.15, 0.2) is 65.8 Å². The van der Waals surface area contributed by atoms with Crippen LogP contribution in [-0.4, -0.2) is 59.3 Å². The molecule has 0 aliphatic heterocycles. The van der Waals surface area contributed by atoms with E-state index in [2.05, 4.69) is 20.8 Å². The fourth-order valence-electron chi connectivity index (χ4n) is 4.14. The van der Waals surface area contributed by atoms with Crippen molar-refractivity contribution in [1.29, 1.82) is 0 Å². The highest BCUT2D eigenvalue weighted by molar-refractivity contribution is 7.99. The molecular weight excluding hydrogens is 589 g/mol. The van der Waals surface area contributed by atoms with Crippen molar-refractivity contribution in [1.82, 2.24) is 20.1 Å². The van der Waals surface area contributed by atoms with E-state index in [4.69, 9.17) is 18.9 Å². The van der Waals surface area contributed by atoms with Crippen LogP contribution in [-0.2, 0) is 11.3 Å². The molecule has 11 nitrogen and oxygen atoms in total. The summed E-state index contributed by atoms with van der Waals surface area (Å²) in [7, 11) is 1.57. The molecule has 1 aromatic heterocycles. The van der Waals surface area contributed by atoms with Crippen LogP contribution in [0, 0.1) is 5.82 Å². The van der Waals surface area contributed by atoms with Gasteiger partial charge in [0.15, 0.2) is 22.5 Å². The fraction of sp³-hybridized carbons (Fsp3) is 0.290. The molecule has 0 atom stereocenters. The summed E-state index contributed by atoms with van der Waals surface area (Å²) in [6, 6.07) is 15.9. The van der Waals surface area contributed by atoms with E-state index >= 15 is 0 Å². The third kappa shape index (κ3) is 8.19. The first kappa shape index (κ1) is 32.1. The number of anilines is 1. The van der Waals surface area contributed by atoms with Gasteiger partial charge in [-0.2, -0.15) is 0 Å². The van der Waals surface area contributed by atoms with Crippen LogP contribution in [0.3, 0.4) is 0 Å². The number of amides is 2. The average molecular weight is 624 g/mol. The maximum Gasteiger partial charge on any atom is 0.251 e. The lowest BCUT2D eigenvalue weighted by molar-refractivity contribution is -0.113. The Kier molecular flexibility index (Phi) is 11.4. The highest BCUT2D eigenvalue weighted by Crippen LogP contribution is 2.39. The van der Waals surface area contributed by atoms with Crippen LogP contribution >= 0.6 is 11.8 Å². The van der Waals surface area contributed by atoms with E-state index in [9.17, 15) is 14.0 Å². The van der Waals surface area contributed by atoms with Gasteiger partial charge in [-0.3, -0.25) is 14.2 Å². The summed E-state index contributed by atoms with van der Waals surface area (Å²) in [5.41, 5.74) is 1.49. The third-order valence-electron chi connectivity index (χ3n) is 6.07. The minimum absolute atomic E-state index is 0.0110. The zero-order valence-electron chi connectivity index (χ0n) is 24.9. The van der Waals surface area contributed by atoms with E-state index in [1.165, 1.54) is 12.1 Å². The molecule has 2 N–H and O–H groups in total. The van der Waals surface area contributed by atoms with Crippen molar-refractivity contribution in [2.45, 2.75) is 32.5 Å². The molecule has 0 bridgehead atoms. The predicted octanol–water partition coefficient (Wildman–Crippen LogP) is 5.27. The Bertz CT molecular complexity index is 1540. The van der Waals surface area contributed by atoms with Gasteiger partial charge in [-0.25, -0.2) is 4.39 Å². The summed E-state index contributed by atoms with van der Waals surface area (Å²) in [6.07, 6.45) is 0. The quantitative estimate of drug-likeness (QED) is 0.170. The molecule has 232 valence electrons. The number of ether oxygens (including phenoxy) is 4. The number of nitrogens with one attached hydrogen (secondary N) is 2. The van der Waals surface area contributed by atoms with Crippen molar-refractivity contribution in [3.63, 3.8) is 0 Å². The normalized spacial score (nSPS) is 10.7. The topological polar surface area (TPSA) is 126 Å². The lowest BCUT2D eigenvalue weighted by atomic mass is 10.1. The number of benzene rings is 3. The van der Waals surface area contributed by atoms with Crippen molar-refractivity contribution in [2.75, 3.05) is 38.0 Å². The molecule has 0 spiro atoms. The highest BCUT2D eigenvalue weighted by Gasteiger charge is 2.21. The molecule has 0 aliphatic carbocycles. The van der Waals surface area contributed by atoms with E-state index in [1.54, 1.807) is 60.2 Å². The Morgan fingerprint density at radius 1 is 0.886 bits per heavy atom. The lowest BCUT2D eigenvalue weighted by Gasteiger charge is -2.17. The second-order valence-corrected chi connectivity index (χ2v) is 10.0. The summed E-state index contributed by atoms with van der Waals surface area (Å²) in [5.74, 6) is 1.24. The molecule has 2 amide bonds. The summed E-state index contributed by atoms with van der Waals surface area (Å²) in [5, 5.41) is 14.6. The Hall–Kier alpha value is -4.78. The van der Waals surface area contributed by atoms with Crippen LogP contribution in [0.5, 0.6) is 23.0 Å². The number of carbonyl (C=O) groups is 2. The SMILES string of the molecule is CCOc1cc(C(=O)NCc2nnc(SCC(=O)Nc3ccc(OC)cc3)n2-c2ccc(F)cc2)cc(OCC)c1OCC. The molecule has 4 rings (SSSR count). The van der Waals surface area contributed by atoms with Crippen molar-refractivity contribution >= 4 is 29.3 Å². The van der Waals surface area contributed by atoms with E-state index < -0.39 is 11.7 Å². The molecular formula is C31H34FN5O6S. The van der Waals surface area contributed by atoms with Gasteiger partial charge in [0.1, 0.15) is 11.6 Å². The van der Waals surface area contributed by atoms with Gasteiger partial charge in [-0.05, 0) is 81.4 Å². The monoisotopic (exact) mass is 623 g/mol. The second-order valence-electron chi connectivity index (χ2n) is 9.06. The molecule has 0 aliphatic rings.